The van der Waals surface area contributed by atoms with Crippen LogP contribution in [-0.4, -0.2) is 24.0 Å². The van der Waals surface area contributed by atoms with Gasteiger partial charge < -0.3 is 10.2 Å². The van der Waals surface area contributed by atoms with Crippen LogP contribution in [0.3, 0.4) is 0 Å². The highest BCUT2D eigenvalue weighted by molar-refractivity contribution is 5.86. The fraction of sp³-hybridized carbons (Fsp3) is 0.227. The molecule has 1 aliphatic rings. The summed E-state index contributed by atoms with van der Waals surface area (Å²) in [4.78, 5) is 14.5. The van der Waals surface area contributed by atoms with E-state index in [0.29, 0.717) is 12.5 Å². The Bertz CT molecular complexity index is 870. The number of nitrogens with zero attached hydrogens (tertiary/aromatic N) is 1. The molecule has 3 heteroatoms. The summed E-state index contributed by atoms with van der Waals surface area (Å²) in [5.41, 5.74) is 2.48. The molecule has 1 aliphatic heterocycles. The lowest BCUT2D eigenvalue weighted by Crippen LogP contribution is -2.38. The molecule has 126 valence electrons. The molecule has 4 rings (SSSR count). The van der Waals surface area contributed by atoms with Crippen LogP contribution in [0.5, 0.6) is 0 Å². The van der Waals surface area contributed by atoms with E-state index in [0.717, 1.165) is 25.1 Å². The van der Waals surface area contributed by atoms with Crippen molar-refractivity contribution in [1.29, 1.82) is 0 Å². The maximum atomic E-state index is 12.5. The molecular weight excluding hydrogens is 308 g/mol. The van der Waals surface area contributed by atoms with E-state index in [2.05, 4.69) is 53.8 Å². The first kappa shape index (κ1) is 15.7. The summed E-state index contributed by atoms with van der Waals surface area (Å²) in [5.74, 6) is 0.449. The van der Waals surface area contributed by atoms with Gasteiger partial charge in [0, 0.05) is 25.6 Å². The van der Waals surface area contributed by atoms with Gasteiger partial charge in [0.25, 0.3) is 0 Å². The summed E-state index contributed by atoms with van der Waals surface area (Å²) in [6.07, 6.45) is 1.03. The molecule has 1 heterocycles. The number of benzene rings is 3. The van der Waals surface area contributed by atoms with Gasteiger partial charge in [-0.2, -0.15) is 0 Å². The number of likely N-dealkylation sites (tertiary alicyclic amines) is 1. The minimum atomic E-state index is 0.0337. The van der Waals surface area contributed by atoms with Crippen LogP contribution in [0.2, 0.25) is 0 Å². The monoisotopic (exact) mass is 330 g/mol. The van der Waals surface area contributed by atoms with Crippen LogP contribution < -0.4 is 5.32 Å². The third-order valence-corrected chi connectivity index (χ3v) is 5.06. The first-order valence-corrected chi connectivity index (χ1v) is 8.85. The third kappa shape index (κ3) is 3.36. The minimum Gasteiger partial charge on any atom is -0.334 e. The second kappa shape index (κ2) is 6.98. The van der Waals surface area contributed by atoms with Crippen molar-refractivity contribution < 1.29 is 4.79 Å². The summed E-state index contributed by atoms with van der Waals surface area (Å²) < 4.78 is 0. The number of fused-ring (bicyclic) bond motifs is 1. The summed E-state index contributed by atoms with van der Waals surface area (Å²) in [6.45, 7) is 2.18. The maximum absolute atomic E-state index is 12.5. The minimum absolute atomic E-state index is 0.0337. The highest BCUT2D eigenvalue weighted by atomic mass is 16.2. The van der Waals surface area contributed by atoms with E-state index in [1.165, 1.54) is 16.3 Å². The molecule has 3 aromatic rings. The number of carbonyl (C=O) groups excluding carboxylic acids is 1. The number of hydrogen-bond acceptors (Lipinski definition) is 1. The number of urea groups is 1. The summed E-state index contributed by atoms with van der Waals surface area (Å²) >= 11 is 0. The molecule has 0 unspecified atom stereocenters. The van der Waals surface area contributed by atoms with Gasteiger partial charge in [0.1, 0.15) is 0 Å². The molecule has 1 fully saturated rings. The zero-order valence-corrected chi connectivity index (χ0v) is 14.2. The molecule has 0 spiro atoms. The van der Waals surface area contributed by atoms with Gasteiger partial charge in [0.15, 0.2) is 0 Å². The van der Waals surface area contributed by atoms with E-state index >= 15 is 0 Å². The summed E-state index contributed by atoms with van der Waals surface area (Å²) in [7, 11) is 0. The van der Waals surface area contributed by atoms with Crippen molar-refractivity contribution in [3.05, 3.63) is 83.9 Å². The molecule has 2 amide bonds. The molecule has 25 heavy (non-hydrogen) atoms. The van der Waals surface area contributed by atoms with Crippen molar-refractivity contribution in [3.63, 3.8) is 0 Å². The predicted octanol–water partition coefficient (Wildman–Crippen LogP) is 4.54. The van der Waals surface area contributed by atoms with Crippen molar-refractivity contribution in [3.8, 4) is 0 Å². The Labute approximate surface area is 148 Å². The van der Waals surface area contributed by atoms with E-state index in [4.69, 9.17) is 0 Å². The molecule has 0 bridgehead atoms. The van der Waals surface area contributed by atoms with Gasteiger partial charge in [-0.3, -0.25) is 0 Å². The lowest BCUT2D eigenvalue weighted by molar-refractivity contribution is 0.208. The summed E-state index contributed by atoms with van der Waals surface area (Å²) in [6, 6.07) is 25.0. The van der Waals surface area contributed by atoms with Crippen LogP contribution in [0.25, 0.3) is 10.8 Å². The van der Waals surface area contributed by atoms with Crippen LogP contribution in [0.15, 0.2) is 72.8 Å². The average molecular weight is 330 g/mol. The number of hydrogen-bond donors (Lipinski definition) is 1. The number of amides is 2. The SMILES string of the molecule is O=C(NCc1cccc2ccccc12)N1CC[C@H](c2ccccc2)C1. The topological polar surface area (TPSA) is 32.3 Å². The molecular formula is C22H22N2O. The van der Waals surface area contributed by atoms with E-state index in [9.17, 15) is 4.79 Å². The molecule has 0 radical (unpaired) electrons. The molecule has 0 aliphatic carbocycles. The lowest BCUT2D eigenvalue weighted by Gasteiger charge is -2.18. The van der Waals surface area contributed by atoms with Crippen LogP contribution in [0.1, 0.15) is 23.5 Å². The first-order chi connectivity index (χ1) is 12.3. The van der Waals surface area contributed by atoms with Crippen LogP contribution in [0.4, 0.5) is 4.79 Å². The molecule has 3 nitrogen and oxygen atoms in total. The van der Waals surface area contributed by atoms with Crippen LogP contribution in [0, 0.1) is 0 Å². The number of carbonyl (C=O) groups is 1. The Morgan fingerprint density at radius 1 is 0.960 bits per heavy atom. The molecule has 1 saturated heterocycles. The van der Waals surface area contributed by atoms with E-state index < -0.39 is 0 Å². The van der Waals surface area contributed by atoms with Crippen molar-refractivity contribution in [1.82, 2.24) is 10.2 Å². The Balaban J connectivity index is 1.39. The van der Waals surface area contributed by atoms with Gasteiger partial charge in [-0.15, -0.1) is 0 Å². The highest BCUT2D eigenvalue weighted by Gasteiger charge is 2.26. The zero-order chi connectivity index (χ0) is 17.1. The highest BCUT2D eigenvalue weighted by Crippen LogP contribution is 2.27. The molecule has 3 aromatic carbocycles. The maximum Gasteiger partial charge on any atom is 0.317 e. The third-order valence-electron chi connectivity index (χ3n) is 5.06. The quantitative estimate of drug-likeness (QED) is 0.751. The molecule has 0 aromatic heterocycles. The van der Waals surface area contributed by atoms with Crippen LogP contribution >= 0.6 is 0 Å². The number of nitrogens with one attached hydrogen (secondary N) is 1. The smallest absolute Gasteiger partial charge is 0.317 e. The Hall–Kier alpha value is -2.81. The largest absolute Gasteiger partial charge is 0.334 e. The average Bonchev–Trinajstić information content (AvgIpc) is 3.17. The zero-order valence-electron chi connectivity index (χ0n) is 14.2. The van der Waals surface area contributed by atoms with E-state index in [-0.39, 0.29) is 6.03 Å². The van der Waals surface area contributed by atoms with Gasteiger partial charge >= 0.3 is 6.03 Å². The molecule has 1 N–H and O–H groups in total. The Morgan fingerprint density at radius 3 is 2.60 bits per heavy atom. The van der Waals surface area contributed by atoms with E-state index in [1.807, 2.05) is 29.2 Å². The first-order valence-electron chi connectivity index (χ1n) is 8.85. The van der Waals surface area contributed by atoms with Crippen LogP contribution in [-0.2, 0) is 6.54 Å². The van der Waals surface area contributed by atoms with Gasteiger partial charge in [-0.25, -0.2) is 4.79 Å². The van der Waals surface area contributed by atoms with Gasteiger partial charge in [0.05, 0.1) is 0 Å². The Kier molecular flexibility index (Phi) is 4.38. The standard InChI is InChI=1S/C22H22N2O/c25-22(24-14-13-20(16-24)17-7-2-1-3-8-17)23-15-19-11-6-10-18-9-4-5-12-21(18)19/h1-12,20H,13-16H2,(H,23,25)/t20-/m0/s1. The predicted molar refractivity (Wildman–Crippen MR) is 102 cm³/mol. The molecule has 1 atom stereocenters. The van der Waals surface area contributed by atoms with Crippen molar-refractivity contribution in [2.24, 2.45) is 0 Å². The van der Waals surface area contributed by atoms with Crippen molar-refractivity contribution >= 4 is 16.8 Å². The van der Waals surface area contributed by atoms with Crippen molar-refractivity contribution in [2.45, 2.75) is 18.9 Å². The fourth-order valence-corrected chi connectivity index (χ4v) is 3.67. The van der Waals surface area contributed by atoms with Gasteiger partial charge in [0.2, 0.25) is 0 Å². The second-order valence-electron chi connectivity index (χ2n) is 6.64. The fourth-order valence-electron chi connectivity index (χ4n) is 3.67. The van der Waals surface area contributed by atoms with Gasteiger partial charge in [-0.05, 0) is 28.3 Å². The lowest BCUT2D eigenvalue weighted by atomic mass is 9.99. The van der Waals surface area contributed by atoms with E-state index in [1.54, 1.807) is 0 Å². The summed E-state index contributed by atoms with van der Waals surface area (Å²) in [5, 5.41) is 5.50. The molecule has 0 saturated carbocycles. The van der Waals surface area contributed by atoms with Crippen molar-refractivity contribution in [2.75, 3.05) is 13.1 Å². The van der Waals surface area contributed by atoms with Gasteiger partial charge in [-0.1, -0.05) is 72.8 Å². The Morgan fingerprint density at radius 2 is 1.72 bits per heavy atom. The second-order valence-corrected chi connectivity index (χ2v) is 6.64. The number of rotatable bonds is 3. The normalized spacial score (nSPS) is 17.0.